The van der Waals surface area contributed by atoms with E-state index in [0.29, 0.717) is 0 Å². The molecule has 1 rings (SSSR count). The molecular weight excluding hydrogens is 190 g/mol. The Kier molecular flexibility index (Phi) is 5.36. The smallest absolute Gasteiger partial charge is 0.151 e. The Hall–Kier alpha value is -0.870. The van der Waals surface area contributed by atoms with Gasteiger partial charge in [-0.3, -0.25) is 4.90 Å². The Morgan fingerprint density at radius 2 is 2.33 bits per heavy atom. The lowest BCUT2D eigenvalue weighted by Crippen LogP contribution is -2.18. The van der Waals surface area contributed by atoms with Crippen molar-refractivity contribution < 1.29 is 4.52 Å². The highest BCUT2D eigenvalue weighted by atomic mass is 16.5. The molecule has 1 heterocycles. The van der Waals surface area contributed by atoms with E-state index in [4.69, 9.17) is 4.52 Å². The van der Waals surface area contributed by atoms with Gasteiger partial charge in [0.2, 0.25) is 0 Å². The first-order chi connectivity index (χ1) is 7.26. The van der Waals surface area contributed by atoms with Crippen LogP contribution in [0.15, 0.2) is 10.6 Å². The molecule has 0 bridgehead atoms. The Morgan fingerprint density at radius 3 is 3.00 bits per heavy atom. The van der Waals surface area contributed by atoms with Crippen LogP contribution >= 0.6 is 0 Å². The maximum Gasteiger partial charge on any atom is 0.151 e. The summed E-state index contributed by atoms with van der Waals surface area (Å²) in [5.41, 5.74) is 0.969. The molecule has 1 aromatic heterocycles. The summed E-state index contributed by atoms with van der Waals surface area (Å²) in [7, 11) is 4.01. The molecule has 4 nitrogen and oxygen atoms in total. The number of hydrogen-bond donors (Lipinski definition) is 1. The predicted molar refractivity (Wildman–Crippen MR) is 60.5 cm³/mol. The van der Waals surface area contributed by atoms with Gasteiger partial charge in [0, 0.05) is 12.6 Å². The third-order valence-corrected chi connectivity index (χ3v) is 2.28. The lowest BCUT2D eigenvalue weighted by molar-refractivity contribution is 0.268. The van der Waals surface area contributed by atoms with Crippen molar-refractivity contribution in [3.8, 4) is 0 Å². The fraction of sp³-hybridized carbons (Fsp3) is 0.727. The van der Waals surface area contributed by atoms with E-state index in [1.807, 2.05) is 13.1 Å². The third-order valence-electron chi connectivity index (χ3n) is 2.28. The molecule has 0 fully saturated rings. The van der Waals surface area contributed by atoms with Crippen molar-refractivity contribution in [2.45, 2.75) is 32.9 Å². The zero-order chi connectivity index (χ0) is 11.1. The van der Waals surface area contributed by atoms with Gasteiger partial charge in [-0.05, 0) is 27.1 Å². The van der Waals surface area contributed by atoms with Crippen molar-refractivity contribution in [3.05, 3.63) is 17.5 Å². The molecule has 1 N–H and O–H groups in total. The fourth-order valence-corrected chi connectivity index (χ4v) is 1.47. The van der Waals surface area contributed by atoms with Gasteiger partial charge in [-0.1, -0.05) is 18.5 Å². The highest BCUT2D eigenvalue weighted by molar-refractivity contribution is 5.04. The van der Waals surface area contributed by atoms with Crippen LogP contribution in [0.25, 0.3) is 0 Å². The van der Waals surface area contributed by atoms with Gasteiger partial charge in [-0.25, -0.2) is 0 Å². The second kappa shape index (κ2) is 6.58. The minimum absolute atomic E-state index is 0.766. The number of nitrogens with one attached hydrogen (secondary N) is 1. The van der Waals surface area contributed by atoms with E-state index in [-0.39, 0.29) is 0 Å². The largest absolute Gasteiger partial charge is 0.360 e. The maximum absolute atomic E-state index is 5.24. The van der Waals surface area contributed by atoms with Gasteiger partial charge in [0.05, 0.1) is 12.2 Å². The number of hydrogen-bond acceptors (Lipinski definition) is 4. The summed E-state index contributed by atoms with van der Waals surface area (Å²) in [5.74, 6) is 0.943. The molecule has 0 aromatic carbocycles. The van der Waals surface area contributed by atoms with Crippen LogP contribution < -0.4 is 5.32 Å². The maximum atomic E-state index is 5.24. The average Bonchev–Trinajstić information content (AvgIpc) is 2.63. The lowest BCUT2D eigenvalue weighted by Gasteiger charge is -2.13. The quantitative estimate of drug-likeness (QED) is 0.744. The molecule has 0 aliphatic heterocycles. The topological polar surface area (TPSA) is 41.3 Å². The van der Waals surface area contributed by atoms with Crippen molar-refractivity contribution in [2.75, 3.05) is 20.6 Å². The molecule has 15 heavy (non-hydrogen) atoms. The van der Waals surface area contributed by atoms with Gasteiger partial charge in [-0.15, -0.1) is 0 Å². The summed E-state index contributed by atoms with van der Waals surface area (Å²) in [6.45, 7) is 4.92. The molecule has 0 aliphatic rings. The molecule has 0 aliphatic carbocycles. The van der Waals surface area contributed by atoms with Gasteiger partial charge in [0.1, 0.15) is 0 Å². The standard InChI is InChI=1S/C11H21N3O/c1-4-5-6-14(3)9-11-7-10(8-12-2)13-15-11/h7,12H,4-6,8-9H2,1-3H3. The van der Waals surface area contributed by atoms with E-state index in [0.717, 1.165) is 31.1 Å². The zero-order valence-corrected chi connectivity index (χ0v) is 9.92. The van der Waals surface area contributed by atoms with Gasteiger partial charge < -0.3 is 9.84 Å². The van der Waals surface area contributed by atoms with E-state index < -0.39 is 0 Å². The molecule has 0 spiro atoms. The molecule has 1 aromatic rings. The van der Waals surface area contributed by atoms with Gasteiger partial charge >= 0.3 is 0 Å². The summed E-state index contributed by atoms with van der Waals surface area (Å²) in [4.78, 5) is 2.26. The molecule has 0 amide bonds. The number of nitrogens with zero attached hydrogens (tertiary/aromatic N) is 2. The van der Waals surface area contributed by atoms with E-state index >= 15 is 0 Å². The normalized spacial score (nSPS) is 11.2. The Morgan fingerprint density at radius 1 is 1.53 bits per heavy atom. The van der Waals surface area contributed by atoms with Crippen LogP contribution in [-0.2, 0) is 13.1 Å². The lowest BCUT2D eigenvalue weighted by atomic mass is 10.3. The second-order valence-corrected chi connectivity index (χ2v) is 3.91. The van der Waals surface area contributed by atoms with E-state index in [1.165, 1.54) is 12.8 Å². The van der Waals surface area contributed by atoms with Crippen LogP contribution in [0.3, 0.4) is 0 Å². The predicted octanol–water partition coefficient (Wildman–Crippen LogP) is 1.63. The molecule has 0 saturated carbocycles. The first-order valence-corrected chi connectivity index (χ1v) is 5.54. The monoisotopic (exact) mass is 211 g/mol. The van der Waals surface area contributed by atoms with E-state index in [1.54, 1.807) is 0 Å². The highest BCUT2D eigenvalue weighted by Gasteiger charge is 2.06. The molecule has 86 valence electrons. The van der Waals surface area contributed by atoms with Crippen LogP contribution in [0.5, 0.6) is 0 Å². The minimum Gasteiger partial charge on any atom is -0.360 e. The van der Waals surface area contributed by atoms with Gasteiger partial charge in [-0.2, -0.15) is 0 Å². The van der Waals surface area contributed by atoms with Crippen LogP contribution in [0, 0.1) is 0 Å². The summed E-state index contributed by atoms with van der Waals surface area (Å²) >= 11 is 0. The van der Waals surface area contributed by atoms with Crippen LogP contribution in [-0.4, -0.2) is 30.7 Å². The Bertz CT molecular complexity index is 273. The van der Waals surface area contributed by atoms with Crippen LogP contribution in [0.2, 0.25) is 0 Å². The van der Waals surface area contributed by atoms with Crippen molar-refractivity contribution in [3.63, 3.8) is 0 Å². The minimum atomic E-state index is 0.766. The SMILES string of the molecule is CCCCN(C)Cc1cc(CNC)no1. The number of rotatable bonds is 7. The van der Waals surface area contributed by atoms with Gasteiger partial charge in [0.15, 0.2) is 5.76 Å². The third kappa shape index (κ3) is 4.44. The highest BCUT2D eigenvalue weighted by Crippen LogP contribution is 2.06. The van der Waals surface area contributed by atoms with Crippen molar-refractivity contribution >= 4 is 0 Å². The van der Waals surface area contributed by atoms with Gasteiger partial charge in [0.25, 0.3) is 0 Å². The summed E-state index contributed by atoms with van der Waals surface area (Å²) in [6, 6.07) is 2.01. The molecular formula is C11H21N3O. The van der Waals surface area contributed by atoms with Crippen LogP contribution in [0.1, 0.15) is 31.2 Å². The van der Waals surface area contributed by atoms with Crippen molar-refractivity contribution in [1.29, 1.82) is 0 Å². The number of aromatic nitrogens is 1. The summed E-state index contributed by atoms with van der Waals surface area (Å²) in [6.07, 6.45) is 2.46. The number of unbranched alkanes of at least 4 members (excludes halogenated alkanes) is 1. The molecule has 4 heteroatoms. The first-order valence-electron chi connectivity index (χ1n) is 5.54. The molecule has 0 unspecified atom stereocenters. The van der Waals surface area contributed by atoms with Crippen molar-refractivity contribution in [2.24, 2.45) is 0 Å². The Labute approximate surface area is 91.6 Å². The summed E-state index contributed by atoms with van der Waals surface area (Å²) < 4.78 is 5.24. The molecule has 0 saturated heterocycles. The Balaban J connectivity index is 2.35. The molecule has 0 atom stereocenters. The second-order valence-electron chi connectivity index (χ2n) is 3.91. The summed E-state index contributed by atoms with van der Waals surface area (Å²) in [5, 5.41) is 7.02. The van der Waals surface area contributed by atoms with E-state index in [2.05, 4.69) is 29.3 Å². The fourth-order valence-electron chi connectivity index (χ4n) is 1.47. The zero-order valence-electron chi connectivity index (χ0n) is 9.92. The van der Waals surface area contributed by atoms with E-state index in [9.17, 15) is 0 Å². The molecule has 0 radical (unpaired) electrons. The first kappa shape index (κ1) is 12.2. The average molecular weight is 211 g/mol. The van der Waals surface area contributed by atoms with Crippen molar-refractivity contribution in [1.82, 2.24) is 15.4 Å². The van der Waals surface area contributed by atoms with Crippen LogP contribution in [0.4, 0.5) is 0 Å².